The van der Waals surface area contributed by atoms with Crippen molar-refractivity contribution in [2.24, 2.45) is 11.8 Å². The molecule has 2 aliphatic rings. The Hall–Kier alpha value is -2.78. The number of ether oxygens (including phenoxy) is 2. The Bertz CT molecular complexity index is 1030. The summed E-state index contributed by atoms with van der Waals surface area (Å²) in [6.45, 7) is 7.50. The summed E-state index contributed by atoms with van der Waals surface area (Å²) in [7, 11) is 1.66. The van der Waals surface area contributed by atoms with Gasteiger partial charge in [-0.05, 0) is 56.1 Å². The minimum absolute atomic E-state index is 0.0106. The lowest BCUT2D eigenvalue weighted by Gasteiger charge is -2.44. The first kappa shape index (κ1) is 27.3. The molecule has 1 N–H and O–H groups in total. The summed E-state index contributed by atoms with van der Waals surface area (Å²) in [5.74, 6) is 1.84. The second kappa shape index (κ2) is 12.2. The standard InChI is InChI=1S/C28H39FN4O4/c1-20(12-21-6-9-32(10-7-21)27-30-15-22(16-31-27)17-36-3)8-11-37-24-5-4-23(25(29)14-24)13-26(34)33-18-28(2,35)19-33/h4-5,14-16,20-21,35H,6-13,17-19H2,1-3H3. The van der Waals surface area contributed by atoms with Gasteiger partial charge in [0.2, 0.25) is 11.9 Å². The molecule has 9 heteroatoms. The zero-order valence-corrected chi connectivity index (χ0v) is 22.2. The lowest BCUT2D eigenvalue weighted by Crippen LogP contribution is -2.62. The molecule has 1 aromatic heterocycles. The zero-order valence-electron chi connectivity index (χ0n) is 22.2. The van der Waals surface area contributed by atoms with Gasteiger partial charge in [-0.15, -0.1) is 0 Å². The molecule has 202 valence electrons. The van der Waals surface area contributed by atoms with Crippen LogP contribution in [0.4, 0.5) is 10.3 Å². The van der Waals surface area contributed by atoms with Crippen LogP contribution in [0.15, 0.2) is 30.6 Å². The van der Waals surface area contributed by atoms with Crippen molar-refractivity contribution in [3.05, 3.63) is 47.5 Å². The van der Waals surface area contributed by atoms with Gasteiger partial charge in [0.15, 0.2) is 0 Å². The molecule has 0 radical (unpaired) electrons. The number of rotatable bonds is 11. The number of aromatic nitrogens is 2. The maximum absolute atomic E-state index is 14.5. The molecule has 4 rings (SSSR count). The van der Waals surface area contributed by atoms with E-state index in [0.29, 0.717) is 49.5 Å². The molecule has 37 heavy (non-hydrogen) atoms. The van der Waals surface area contributed by atoms with Gasteiger partial charge in [-0.3, -0.25) is 4.79 Å². The zero-order chi connectivity index (χ0) is 26.4. The molecule has 0 aliphatic carbocycles. The van der Waals surface area contributed by atoms with Gasteiger partial charge >= 0.3 is 0 Å². The lowest BCUT2D eigenvalue weighted by molar-refractivity contribution is -0.151. The normalized spacial score (nSPS) is 18.4. The molecule has 1 atom stereocenters. The molecule has 2 aromatic rings. The average Bonchev–Trinajstić information content (AvgIpc) is 2.85. The number of carbonyl (C=O) groups is 1. The van der Waals surface area contributed by atoms with Crippen molar-refractivity contribution in [1.82, 2.24) is 14.9 Å². The largest absolute Gasteiger partial charge is 0.493 e. The highest BCUT2D eigenvalue weighted by molar-refractivity contribution is 5.80. The summed E-state index contributed by atoms with van der Waals surface area (Å²) in [6.07, 6.45) is 7.94. The van der Waals surface area contributed by atoms with E-state index in [0.717, 1.165) is 50.3 Å². The summed E-state index contributed by atoms with van der Waals surface area (Å²) in [4.78, 5) is 25.0. The number of amides is 1. The number of nitrogens with zero attached hydrogens (tertiary/aromatic N) is 4. The molecular weight excluding hydrogens is 475 g/mol. The number of hydrogen-bond donors (Lipinski definition) is 1. The fourth-order valence-corrected chi connectivity index (χ4v) is 5.17. The predicted octanol–water partition coefficient (Wildman–Crippen LogP) is 3.61. The van der Waals surface area contributed by atoms with Crippen molar-refractivity contribution < 1.29 is 23.8 Å². The van der Waals surface area contributed by atoms with Gasteiger partial charge in [0.05, 0.1) is 38.3 Å². The molecule has 0 spiro atoms. The SMILES string of the molecule is COCc1cnc(N2CCC(CC(C)CCOc3ccc(CC(=O)N4CC(C)(O)C4)c(F)c3)CC2)nc1. The van der Waals surface area contributed by atoms with E-state index in [9.17, 15) is 14.3 Å². The minimum atomic E-state index is -0.827. The molecular formula is C28H39FN4O4. The van der Waals surface area contributed by atoms with Crippen LogP contribution >= 0.6 is 0 Å². The maximum atomic E-state index is 14.5. The number of halogens is 1. The van der Waals surface area contributed by atoms with E-state index in [1.165, 1.54) is 6.07 Å². The molecule has 0 bridgehead atoms. The van der Waals surface area contributed by atoms with Gasteiger partial charge in [-0.25, -0.2) is 14.4 Å². The number of β-amino-alcohol motifs (C(OH)–C–C–N with tert-alkyl or cyclic N) is 1. The van der Waals surface area contributed by atoms with E-state index in [1.54, 1.807) is 31.1 Å². The summed E-state index contributed by atoms with van der Waals surface area (Å²) in [5.41, 5.74) is 0.496. The highest BCUT2D eigenvalue weighted by Crippen LogP contribution is 2.28. The predicted molar refractivity (Wildman–Crippen MR) is 139 cm³/mol. The van der Waals surface area contributed by atoms with Gasteiger partial charge < -0.3 is 24.4 Å². The highest BCUT2D eigenvalue weighted by Gasteiger charge is 2.39. The number of aliphatic hydroxyl groups is 1. The minimum Gasteiger partial charge on any atom is -0.493 e. The van der Waals surface area contributed by atoms with Crippen LogP contribution < -0.4 is 9.64 Å². The van der Waals surface area contributed by atoms with Crippen LogP contribution in [0.5, 0.6) is 5.75 Å². The number of carbonyl (C=O) groups excluding carboxylic acids is 1. The quantitative estimate of drug-likeness (QED) is 0.490. The molecule has 2 saturated heterocycles. The number of likely N-dealkylation sites (tertiary alicyclic amines) is 1. The van der Waals surface area contributed by atoms with Crippen LogP contribution in [0.3, 0.4) is 0 Å². The second-order valence-corrected chi connectivity index (χ2v) is 10.9. The average molecular weight is 515 g/mol. The number of benzene rings is 1. The Morgan fingerprint density at radius 3 is 2.57 bits per heavy atom. The molecule has 2 aliphatic heterocycles. The summed E-state index contributed by atoms with van der Waals surface area (Å²) < 4.78 is 25.5. The summed E-state index contributed by atoms with van der Waals surface area (Å²) >= 11 is 0. The van der Waals surface area contributed by atoms with Crippen molar-refractivity contribution in [2.75, 3.05) is 44.8 Å². The van der Waals surface area contributed by atoms with Crippen LogP contribution in [0.2, 0.25) is 0 Å². The fraction of sp³-hybridized carbons (Fsp3) is 0.607. The number of methoxy groups -OCH3 is 1. The van der Waals surface area contributed by atoms with Crippen LogP contribution in [-0.4, -0.2) is 71.4 Å². The first-order valence-corrected chi connectivity index (χ1v) is 13.2. The monoisotopic (exact) mass is 514 g/mol. The van der Waals surface area contributed by atoms with Crippen molar-refractivity contribution in [3.63, 3.8) is 0 Å². The molecule has 8 nitrogen and oxygen atoms in total. The number of hydrogen-bond acceptors (Lipinski definition) is 7. The van der Waals surface area contributed by atoms with E-state index in [4.69, 9.17) is 9.47 Å². The van der Waals surface area contributed by atoms with Crippen molar-refractivity contribution in [2.45, 2.75) is 58.2 Å². The first-order valence-electron chi connectivity index (χ1n) is 13.2. The van der Waals surface area contributed by atoms with Crippen molar-refractivity contribution >= 4 is 11.9 Å². The van der Waals surface area contributed by atoms with Crippen LogP contribution in [0, 0.1) is 17.7 Å². The van der Waals surface area contributed by atoms with Crippen molar-refractivity contribution in [3.8, 4) is 5.75 Å². The fourth-order valence-electron chi connectivity index (χ4n) is 5.17. The third-order valence-electron chi connectivity index (χ3n) is 7.30. The summed E-state index contributed by atoms with van der Waals surface area (Å²) in [5, 5.41) is 9.78. The van der Waals surface area contributed by atoms with Gasteiger partial charge in [-0.1, -0.05) is 13.0 Å². The first-order chi connectivity index (χ1) is 17.7. The van der Waals surface area contributed by atoms with Crippen molar-refractivity contribution in [1.29, 1.82) is 0 Å². The second-order valence-electron chi connectivity index (χ2n) is 10.9. The Balaban J connectivity index is 1.14. The summed E-state index contributed by atoms with van der Waals surface area (Å²) in [6, 6.07) is 4.70. The van der Waals surface area contributed by atoms with E-state index in [-0.39, 0.29) is 12.3 Å². The van der Waals surface area contributed by atoms with Gasteiger partial charge in [-0.2, -0.15) is 0 Å². The van der Waals surface area contributed by atoms with Gasteiger partial charge in [0.1, 0.15) is 11.6 Å². The number of anilines is 1. The topological polar surface area (TPSA) is 88.0 Å². The van der Waals surface area contributed by atoms with Gasteiger partial charge in [0.25, 0.3) is 0 Å². The third kappa shape index (κ3) is 7.61. The van der Waals surface area contributed by atoms with Crippen LogP contribution in [-0.2, 0) is 22.6 Å². The molecule has 2 fully saturated rings. The molecule has 1 amide bonds. The van der Waals surface area contributed by atoms with E-state index in [2.05, 4.69) is 21.8 Å². The van der Waals surface area contributed by atoms with E-state index < -0.39 is 11.4 Å². The molecule has 1 aromatic carbocycles. The lowest BCUT2D eigenvalue weighted by atomic mass is 9.87. The molecule has 3 heterocycles. The molecule has 1 unspecified atom stereocenters. The smallest absolute Gasteiger partial charge is 0.227 e. The maximum Gasteiger partial charge on any atom is 0.227 e. The van der Waals surface area contributed by atoms with Crippen LogP contribution in [0.25, 0.3) is 0 Å². The molecule has 0 saturated carbocycles. The third-order valence-corrected chi connectivity index (χ3v) is 7.30. The Morgan fingerprint density at radius 1 is 1.24 bits per heavy atom. The van der Waals surface area contributed by atoms with E-state index in [1.807, 2.05) is 12.4 Å². The van der Waals surface area contributed by atoms with Gasteiger partial charge in [0, 0.05) is 44.2 Å². The Morgan fingerprint density at radius 2 is 1.95 bits per heavy atom. The van der Waals surface area contributed by atoms with Crippen LogP contribution in [0.1, 0.15) is 50.7 Å². The Kier molecular flexibility index (Phi) is 8.97. The highest BCUT2D eigenvalue weighted by atomic mass is 19.1. The Labute approximate surface area is 218 Å². The number of piperidine rings is 1. The van der Waals surface area contributed by atoms with E-state index >= 15 is 0 Å².